The average molecular weight is 207 g/mol. The Kier molecular flexibility index (Phi) is 2.73. The van der Waals surface area contributed by atoms with Gasteiger partial charge in [0.25, 0.3) is 0 Å². The summed E-state index contributed by atoms with van der Waals surface area (Å²) in [6, 6.07) is 0.372. The molecule has 0 spiro atoms. The fraction of sp³-hybridized carbons (Fsp3) is 0.692. The number of rotatable bonds is 2. The van der Waals surface area contributed by atoms with Gasteiger partial charge in [-0.05, 0) is 52.2 Å². The summed E-state index contributed by atoms with van der Waals surface area (Å²) < 4.78 is 0. The Morgan fingerprint density at radius 1 is 1.40 bits per heavy atom. The molecule has 2 nitrogen and oxygen atoms in total. The van der Waals surface area contributed by atoms with Crippen LogP contribution < -0.4 is 0 Å². The summed E-state index contributed by atoms with van der Waals surface area (Å²) in [6.07, 6.45) is 8.51. The largest absolute Gasteiger partial charge is 0.371 e. The summed E-state index contributed by atoms with van der Waals surface area (Å²) in [5.74, 6) is 0. The van der Waals surface area contributed by atoms with Gasteiger partial charge in [-0.1, -0.05) is 17.7 Å². The molecule has 1 atom stereocenters. The van der Waals surface area contributed by atoms with E-state index in [-0.39, 0.29) is 0 Å². The molecule has 84 valence electrons. The molecular formula is C13H21NO. The minimum Gasteiger partial charge on any atom is -0.371 e. The molecule has 0 aromatic heterocycles. The van der Waals surface area contributed by atoms with Crippen molar-refractivity contribution in [1.82, 2.24) is 4.90 Å². The van der Waals surface area contributed by atoms with Crippen molar-refractivity contribution in [3.05, 3.63) is 23.3 Å². The van der Waals surface area contributed by atoms with E-state index in [0.29, 0.717) is 6.04 Å². The van der Waals surface area contributed by atoms with Gasteiger partial charge in [0.05, 0.1) is 0 Å². The van der Waals surface area contributed by atoms with Gasteiger partial charge in [0, 0.05) is 6.04 Å². The van der Waals surface area contributed by atoms with Crippen LogP contribution in [0.4, 0.5) is 0 Å². The molecule has 2 heteroatoms. The second-order valence-corrected chi connectivity index (χ2v) is 4.98. The Hall–Kier alpha value is -0.600. The Morgan fingerprint density at radius 3 is 2.80 bits per heavy atom. The Labute approximate surface area is 92.3 Å². The van der Waals surface area contributed by atoms with Crippen LogP contribution >= 0.6 is 0 Å². The van der Waals surface area contributed by atoms with E-state index in [4.69, 9.17) is 0 Å². The maximum absolute atomic E-state index is 10.7. The molecule has 0 aliphatic heterocycles. The Balaban J connectivity index is 2.30. The summed E-state index contributed by atoms with van der Waals surface area (Å²) >= 11 is 0. The SMILES string of the molecule is CC(C)N(C)C1(O)CCC2=C1C=CCC2. The van der Waals surface area contributed by atoms with E-state index >= 15 is 0 Å². The number of hydrogen-bond acceptors (Lipinski definition) is 2. The van der Waals surface area contributed by atoms with Gasteiger partial charge in [-0.3, -0.25) is 4.90 Å². The lowest BCUT2D eigenvalue weighted by atomic mass is 9.95. The van der Waals surface area contributed by atoms with Crippen LogP contribution in [-0.2, 0) is 0 Å². The van der Waals surface area contributed by atoms with Crippen LogP contribution in [0.15, 0.2) is 23.3 Å². The van der Waals surface area contributed by atoms with E-state index < -0.39 is 5.72 Å². The van der Waals surface area contributed by atoms with Gasteiger partial charge in [-0.25, -0.2) is 0 Å². The first kappa shape index (κ1) is 10.9. The Morgan fingerprint density at radius 2 is 2.13 bits per heavy atom. The predicted octanol–water partition coefficient (Wildman–Crippen LogP) is 2.46. The minimum absolute atomic E-state index is 0.372. The van der Waals surface area contributed by atoms with Crippen molar-refractivity contribution in [3.63, 3.8) is 0 Å². The first-order valence-electron chi connectivity index (χ1n) is 5.90. The third-order valence-corrected chi connectivity index (χ3v) is 3.84. The van der Waals surface area contributed by atoms with E-state index in [2.05, 4.69) is 30.9 Å². The zero-order valence-electron chi connectivity index (χ0n) is 9.95. The van der Waals surface area contributed by atoms with Crippen LogP contribution in [0.5, 0.6) is 0 Å². The summed E-state index contributed by atoms with van der Waals surface area (Å²) in [5, 5.41) is 10.7. The van der Waals surface area contributed by atoms with Crippen molar-refractivity contribution in [2.45, 2.75) is 51.3 Å². The van der Waals surface area contributed by atoms with Crippen molar-refractivity contribution in [2.24, 2.45) is 0 Å². The molecule has 0 saturated carbocycles. The fourth-order valence-electron chi connectivity index (χ4n) is 2.64. The van der Waals surface area contributed by atoms with Crippen LogP contribution in [0.1, 0.15) is 39.5 Å². The van der Waals surface area contributed by atoms with Crippen molar-refractivity contribution < 1.29 is 5.11 Å². The average Bonchev–Trinajstić information content (AvgIpc) is 2.57. The van der Waals surface area contributed by atoms with Crippen molar-refractivity contribution in [1.29, 1.82) is 0 Å². The van der Waals surface area contributed by atoms with Gasteiger partial charge < -0.3 is 5.11 Å². The number of likely N-dealkylation sites (N-methyl/N-ethyl adjacent to an activating group) is 1. The molecule has 1 unspecified atom stereocenters. The van der Waals surface area contributed by atoms with E-state index in [9.17, 15) is 5.11 Å². The monoisotopic (exact) mass is 207 g/mol. The molecule has 0 fully saturated rings. The number of aliphatic hydroxyl groups is 1. The molecular weight excluding hydrogens is 186 g/mol. The lowest BCUT2D eigenvalue weighted by Gasteiger charge is -2.38. The van der Waals surface area contributed by atoms with Crippen LogP contribution in [0.25, 0.3) is 0 Å². The molecule has 2 aliphatic carbocycles. The second-order valence-electron chi connectivity index (χ2n) is 4.98. The molecule has 0 heterocycles. The van der Waals surface area contributed by atoms with Gasteiger partial charge in [0.15, 0.2) is 0 Å². The molecule has 2 aliphatic rings. The van der Waals surface area contributed by atoms with Crippen molar-refractivity contribution in [2.75, 3.05) is 7.05 Å². The van der Waals surface area contributed by atoms with E-state index in [1.54, 1.807) is 0 Å². The molecule has 0 aromatic carbocycles. The molecule has 2 rings (SSSR count). The minimum atomic E-state index is -0.708. The summed E-state index contributed by atoms with van der Waals surface area (Å²) in [4.78, 5) is 2.09. The molecule has 0 aromatic rings. The van der Waals surface area contributed by atoms with Gasteiger partial charge in [-0.15, -0.1) is 0 Å². The van der Waals surface area contributed by atoms with Crippen molar-refractivity contribution in [3.8, 4) is 0 Å². The number of nitrogens with zero attached hydrogens (tertiary/aromatic N) is 1. The molecule has 0 bridgehead atoms. The third kappa shape index (κ3) is 1.66. The highest BCUT2D eigenvalue weighted by atomic mass is 16.3. The normalized spacial score (nSPS) is 30.5. The highest BCUT2D eigenvalue weighted by Crippen LogP contribution is 2.42. The lowest BCUT2D eigenvalue weighted by molar-refractivity contribution is -0.0746. The maximum atomic E-state index is 10.7. The Bertz CT molecular complexity index is 316. The van der Waals surface area contributed by atoms with Crippen molar-refractivity contribution >= 4 is 0 Å². The van der Waals surface area contributed by atoms with Crippen LogP contribution in [0.2, 0.25) is 0 Å². The summed E-state index contributed by atoms with van der Waals surface area (Å²) in [6.45, 7) is 4.26. The van der Waals surface area contributed by atoms with E-state index in [1.165, 1.54) is 11.1 Å². The molecule has 1 N–H and O–H groups in total. The smallest absolute Gasteiger partial charge is 0.144 e. The fourth-order valence-corrected chi connectivity index (χ4v) is 2.64. The van der Waals surface area contributed by atoms with Gasteiger partial charge in [0.1, 0.15) is 5.72 Å². The molecule has 0 radical (unpaired) electrons. The van der Waals surface area contributed by atoms with Crippen LogP contribution in [0.3, 0.4) is 0 Å². The standard InChI is InChI=1S/C13H21NO/c1-10(2)14(3)13(15)9-8-11-6-4-5-7-12(11)13/h5,7,10,15H,4,6,8-9H2,1-3H3. The highest BCUT2D eigenvalue weighted by Gasteiger charge is 2.42. The zero-order chi connectivity index (χ0) is 11.1. The van der Waals surface area contributed by atoms with E-state index in [1.807, 2.05) is 7.05 Å². The number of hydrogen-bond donors (Lipinski definition) is 1. The zero-order valence-corrected chi connectivity index (χ0v) is 9.95. The van der Waals surface area contributed by atoms with Crippen LogP contribution in [-0.4, -0.2) is 28.8 Å². The topological polar surface area (TPSA) is 23.5 Å². The summed E-state index contributed by atoms with van der Waals surface area (Å²) in [5.41, 5.74) is 1.93. The molecule has 15 heavy (non-hydrogen) atoms. The van der Waals surface area contributed by atoms with Gasteiger partial charge >= 0.3 is 0 Å². The van der Waals surface area contributed by atoms with E-state index in [0.717, 1.165) is 25.7 Å². The van der Waals surface area contributed by atoms with Gasteiger partial charge in [0.2, 0.25) is 0 Å². The number of allylic oxidation sites excluding steroid dienone is 2. The lowest BCUT2D eigenvalue weighted by Crippen LogP contribution is -2.49. The highest BCUT2D eigenvalue weighted by molar-refractivity contribution is 5.40. The first-order valence-corrected chi connectivity index (χ1v) is 5.90. The first-order chi connectivity index (χ1) is 7.05. The molecule has 0 saturated heterocycles. The predicted molar refractivity (Wildman–Crippen MR) is 62.5 cm³/mol. The quantitative estimate of drug-likeness (QED) is 0.703. The van der Waals surface area contributed by atoms with Crippen LogP contribution in [0, 0.1) is 0 Å². The van der Waals surface area contributed by atoms with Gasteiger partial charge in [-0.2, -0.15) is 0 Å². The third-order valence-electron chi connectivity index (χ3n) is 3.84. The maximum Gasteiger partial charge on any atom is 0.144 e. The second kappa shape index (κ2) is 3.76. The summed E-state index contributed by atoms with van der Waals surface area (Å²) in [7, 11) is 2.02. The molecule has 0 amide bonds.